The molecule has 7 nitrogen and oxygen atoms in total. The first kappa shape index (κ1) is 18.8. The lowest BCUT2D eigenvalue weighted by molar-refractivity contribution is 0.0456. The first-order valence-electron chi connectivity index (χ1n) is 8.16. The second-order valence-corrected chi connectivity index (χ2v) is 5.61. The van der Waals surface area contributed by atoms with Crippen LogP contribution in [0.3, 0.4) is 0 Å². The minimum Gasteiger partial charge on any atom is -0.497 e. The van der Waals surface area contributed by atoms with Crippen molar-refractivity contribution in [3.8, 4) is 23.0 Å². The second-order valence-electron chi connectivity index (χ2n) is 5.61. The molecule has 1 heterocycles. The van der Waals surface area contributed by atoms with Crippen LogP contribution in [0.1, 0.15) is 15.9 Å². The number of hydrogen-bond donors (Lipinski definition) is 0. The molecular weight excluding hydrogens is 352 g/mol. The lowest BCUT2D eigenvalue weighted by atomic mass is 10.1. The normalized spacial score (nSPS) is 14.0. The molecule has 0 atom stereocenters. The number of ketones is 1. The maximum absolute atomic E-state index is 12.8. The molecular formula is C20H20O7. The molecule has 142 valence electrons. The molecule has 0 bridgehead atoms. The van der Waals surface area contributed by atoms with Crippen LogP contribution in [0.5, 0.6) is 23.0 Å². The topological polar surface area (TPSA) is 72.5 Å². The number of fused-ring (bicyclic) bond motifs is 1. The highest BCUT2D eigenvalue weighted by Gasteiger charge is 2.32. The Hall–Kier alpha value is -3.03. The average molecular weight is 372 g/mol. The van der Waals surface area contributed by atoms with Crippen LogP contribution in [0.2, 0.25) is 0 Å². The summed E-state index contributed by atoms with van der Waals surface area (Å²) in [6.07, 6.45) is 1.66. The lowest BCUT2D eigenvalue weighted by Crippen LogP contribution is -2.05. The van der Waals surface area contributed by atoms with Crippen molar-refractivity contribution in [3.63, 3.8) is 0 Å². The van der Waals surface area contributed by atoms with Crippen molar-refractivity contribution >= 4 is 11.9 Å². The molecule has 0 fully saturated rings. The average Bonchev–Trinajstić information content (AvgIpc) is 3.00. The highest BCUT2D eigenvalue weighted by molar-refractivity contribution is 6.16. The highest BCUT2D eigenvalue weighted by Crippen LogP contribution is 2.41. The van der Waals surface area contributed by atoms with Crippen LogP contribution in [-0.4, -0.2) is 40.7 Å². The molecule has 1 aliphatic heterocycles. The van der Waals surface area contributed by atoms with Crippen molar-refractivity contribution < 1.29 is 33.2 Å². The summed E-state index contributed by atoms with van der Waals surface area (Å²) in [5, 5.41) is 0. The van der Waals surface area contributed by atoms with E-state index in [0.29, 0.717) is 22.8 Å². The Balaban J connectivity index is 1.92. The van der Waals surface area contributed by atoms with Crippen molar-refractivity contribution in [1.29, 1.82) is 0 Å². The molecule has 7 heteroatoms. The number of allylic oxidation sites excluding steroid dienone is 1. The summed E-state index contributed by atoms with van der Waals surface area (Å²) in [7, 11) is 4.61. The zero-order valence-electron chi connectivity index (χ0n) is 15.3. The maximum Gasteiger partial charge on any atom is 0.235 e. The Morgan fingerprint density at radius 1 is 0.926 bits per heavy atom. The van der Waals surface area contributed by atoms with Gasteiger partial charge in [-0.2, -0.15) is 0 Å². The van der Waals surface area contributed by atoms with Gasteiger partial charge in [0, 0.05) is 26.4 Å². The quantitative estimate of drug-likeness (QED) is 0.520. The van der Waals surface area contributed by atoms with Gasteiger partial charge < -0.3 is 28.4 Å². The fourth-order valence-electron chi connectivity index (χ4n) is 2.55. The van der Waals surface area contributed by atoms with Gasteiger partial charge in [-0.25, -0.2) is 0 Å². The predicted octanol–water partition coefficient (Wildman–Crippen LogP) is 3.28. The van der Waals surface area contributed by atoms with Gasteiger partial charge in [0.2, 0.25) is 5.78 Å². The number of carbonyl (C=O) groups is 1. The van der Waals surface area contributed by atoms with E-state index in [-0.39, 0.29) is 25.1 Å². The molecule has 0 aliphatic carbocycles. The number of Topliss-reactive ketones (excluding diaryl/α,β-unsaturated/α-hetero) is 1. The summed E-state index contributed by atoms with van der Waals surface area (Å²) >= 11 is 0. The van der Waals surface area contributed by atoms with Crippen molar-refractivity contribution in [2.45, 2.75) is 0 Å². The van der Waals surface area contributed by atoms with Gasteiger partial charge in [-0.1, -0.05) is 12.1 Å². The van der Waals surface area contributed by atoms with Crippen LogP contribution < -0.4 is 18.9 Å². The Morgan fingerprint density at radius 2 is 1.63 bits per heavy atom. The fourth-order valence-corrected chi connectivity index (χ4v) is 2.55. The molecule has 0 amide bonds. The van der Waals surface area contributed by atoms with Crippen LogP contribution in [0.25, 0.3) is 6.08 Å². The zero-order valence-corrected chi connectivity index (χ0v) is 15.3. The molecule has 0 spiro atoms. The standard InChI is InChI=1S/C20H20O7/c1-22-11-25-15-9-16(26-12-23-2)19-17(10-15)27-18(20(19)21)8-13-4-6-14(24-3)7-5-13/h4-10H,11-12H2,1-3H3/b18-8-. The highest BCUT2D eigenvalue weighted by atomic mass is 16.7. The number of ether oxygens (including phenoxy) is 6. The Kier molecular flexibility index (Phi) is 5.95. The molecule has 0 saturated carbocycles. The van der Waals surface area contributed by atoms with Gasteiger partial charge in [0.15, 0.2) is 19.3 Å². The van der Waals surface area contributed by atoms with E-state index >= 15 is 0 Å². The third-order valence-electron chi connectivity index (χ3n) is 3.80. The molecule has 2 aromatic carbocycles. The first-order chi connectivity index (χ1) is 13.2. The molecule has 0 unspecified atom stereocenters. The molecule has 0 saturated heterocycles. The SMILES string of the molecule is COCOc1cc(OCOC)c2c(c1)O/C(=C\c1ccc(OC)cc1)C2=O. The molecule has 27 heavy (non-hydrogen) atoms. The summed E-state index contributed by atoms with van der Waals surface area (Å²) in [6.45, 7) is 0.0516. The van der Waals surface area contributed by atoms with Crippen LogP contribution in [-0.2, 0) is 9.47 Å². The van der Waals surface area contributed by atoms with Gasteiger partial charge in [-0.15, -0.1) is 0 Å². The van der Waals surface area contributed by atoms with Gasteiger partial charge in [0.1, 0.15) is 28.6 Å². The summed E-state index contributed by atoms with van der Waals surface area (Å²) in [5.74, 6) is 1.80. The molecule has 0 radical (unpaired) electrons. The van der Waals surface area contributed by atoms with Gasteiger partial charge in [0.05, 0.1) is 7.11 Å². The monoisotopic (exact) mass is 372 g/mol. The third-order valence-corrected chi connectivity index (χ3v) is 3.80. The van der Waals surface area contributed by atoms with Crippen molar-refractivity contribution in [2.75, 3.05) is 34.9 Å². The van der Waals surface area contributed by atoms with E-state index in [2.05, 4.69) is 0 Å². The maximum atomic E-state index is 12.8. The molecule has 3 rings (SSSR count). The minimum atomic E-state index is -0.273. The van der Waals surface area contributed by atoms with Gasteiger partial charge in [0.25, 0.3) is 0 Å². The summed E-state index contributed by atoms with van der Waals surface area (Å²) in [5.41, 5.74) is 1.14. The van der Waals surface area contributed by atoms with E-state index < -0.39 is 0 Å². The molecule has 2 aromatic rings. The van der Waals surface area contributed by atoms with E-state index in [1.165, 1.54) is 14.2 Å². The van der Waals surface area contributed by atoms with Crippen LogP contribution in [0.4, 0.5) is 0 Å². The van der Waals surface area contributed by atoms with Crippen molar-refractivity contribution in [2.24, 2.45) is 0 Å². The number of rotatable bonds is 8. The minimum absolute atomic E-state index is 0.00895. The Bertz CT molecular complexity index is 840. The molecule has 1 aliphatic rings. The van der Waals surface area contributed by atoms with E-state index in [4.69, 9.17) is 28.4 Å². The number of hydrogen-bond acceptors (Lipinski definition) is 7. The zero-order chi connectivity index (χ0) is 19.2. The van der Waals surface area contributed by atoms with E-state index in [1.807, 2.05) is 24.3 Å². The van der Waals surface area contributed by atoms with Gasteiger partial charge >= 0.3 is 0 Å². The van der Waals surface area contributed by atoms with Crippen molar-refractivity contribution in [1.82, 2.24) is 0 Å². The summed E-state index contributed by atoms with van der Waals surface area (Å²) in [4.78, 5) is 12.8. The van der Waals surface area contributed by atoms with Gasteiger partial charge in [-0.3, -0.25) is 4.79 Å². The Labute approximate surface area is 157 Å². The molecule has 0 aromatic heterocycles. The van der Waals surface area contributed by atoms with Crippen LogP contribution in [0.15, 0.2) is 42.2 Å². The Morgan fingerprint density at radius 3 is 2.30 bits per heavy atom. The van der Waals surface area contributed by atoms with E-state index in [9.17, 15) is 4.79 Å². The van der Waals surface area contributed by atoms with Crippen LogP contribution >= 0.6 is 0 Å². The molecule has 0 N–H and O–H groups in total. The number of benzene rings is 2. The third kappa shape index (κ3) is 4.21. The summed E-state index contributed by atoms with van der Waals surface area (Å²) in [6, 6.07) is 10.5. The van der Waals surface area contributed by atoms with Gasteiger partial charge in [-0.05, 0) is 23.8 Å². The number of carbonyl (C=O) groups excluding carboxylic acids is 1. The largest absolute Gasteiger partial charge is 0.497 e. The smallest absolute Gasteiger partial charge is 0.235 e. The van der Waals surface area contributed by atoms with Crippen molar-refractivity contribution in [3.05, 3.63) is 53.3 Å². The second kappa shape index (κ2) is 8.57. The fraction of sp³-hybridized carbons (Fsp3) is 0.250. The summed E-state index contributed by atoms with van der Waals surface area (Å²) < 4.78 is 31.7. The first-order valence-corrected chi connectivity index (χ1v) is 8.16. The predicted molar refractivity (Wildman–Crippen MR) is 97.4 cm³/mol. The van der Waals surface area contributed by atoms with E-state index in [0.717, 1.165) is 11.3 Å². The lowest BCUT2D eigenvalue weighted by Gasteiger charge is -2.11. The van der Waals surface area contributed by atoms with E-state index in [1.54, 1.807) is 25.3 Å². The number of methoxy groups -OCH3 is 3. The van der Waals surface area contributed by atoms with Crippen LogP contribution in [0, 0.1) is 0 Å².